The molecular formula is C11H17N5S. The SMILES string of the molecule is CCCSc1nc(N)c2ncn(CCC)c2n1. The van der Waals surface area contributed by atoms with Gasteiger partial charge in [-0.05, 0) is 12.8 Å². The molecule has 6 heteroatoms. The second-order valence-corrected chi connectivity index (χ2v) is 4.91. The summed E-state index contributed by atoms with van der Waals surface area (Å²) in [4.78, 5) is 13.1. The molecule has 92 valence electrons. The monoisotopic (exact) mass is 251 g/mol. The number of hydrogen-bond acceptors (Lipinski definition) is 5. The van der Waals surface area contributed by atoms with Gasteiger partial charge in [0.25, 0.3) is 0 Å². The van der Waals surface area contributed by atoms with E-state index in [1.165, 1.54) is 0 Å². The number of thioether (sulfide) groups is 1. The van der Waals surface area contributed by atoms with Gasteiger partial charge in [0.05, 0.1) is 6.33 Å². The maximum absolute atomic E-state index is 5.90. The molecule has 0 saturated carbocycles. The number of fused-ring (bicyclic) bond motifs is 1. The van der Waals surface area contributed by atoms with Crippen LogP contribution in [-0.4, -0.2) is 25.3 Å². The van der Waals surface area contributed by atoms with E-state index in [0.717, 1.165) is 35.9 Å². The molecule has 0 radical (unpaired) electrons. The van der Waals surface area contributed by atoms with Crippen LogP contribution in [0.4, 0.5) is 5.82 Å². The Morgan fingerprint density at radius 3 is 2.82 bits per heavy atom. The van der Waals surface area contributed by atoms with E-state index < -0.39 is 0 Å². The van der Waals surface area contributed by atoms with Crippen LogP contribution in [0.2, 0.25) is 0 Å². The average Bonchev–Trinajstić information content (AvgIpc) is 2.71. The molecule has 2 N–H and O–H groups in total. The third kappa shape index (κ3) is 2.52. The molecule has 2 aromatic heterocycles. The molecule has 0 atom stereocenters. The van der Waals surface area contributed by atoms with Crippen LogP contribution in [0.3, 0.4) is 0 Å². The first-order valence-electron chi connectivity index (χ1n) is 5.87. The Balaban J connectivity index is 2.41. The quantitative estimate of drug-likeness (QED) is 0.652. The van der Waals surface area contributed by atoms with Crippen LogP contribution in [0, 0.1) is 0 Å². The van der Waals surface area contributed by atoms with Crippen molar-refractivity contribution in [2.45, 2.75) is 38.4 Å². The molecule has 0 fully saturated rings. The Hall–Kier alpha value is -1.30. The molecule has 2 heterocycles. The third-order valence-corrected chi connectivity index (χ3v) is 3.42. The highest BCUT2D eigenvalue weighted by atomic mass is 32.2. The average molecular weight is 251 g/mol. The Morgan fingerprint density at radius 2 is 2.12 bits per heavy atom. The first kappa shape index (κ1) is 12.2. The molecule has 5 nitrogen and oxygen atoms in total. The van der Waals surface area contributed by atoms with Crippen molar-refractivity contribution in [2.24, 2.45) is 0 Å². The molecule has 0 bridgehead atoms. The van der Waals surface area contributed by atoms with E-state index in [1.807, 2.05) is 4.57 Å². The highest BCUT2D eigenvalue weighted by Gasteiger charge is 2.10. The van der Waals surface area contributed by atoms with E-state index in [4.69, 9.17) is 5.73 Å². The molecule has 0 saturated heterocycles. The summed E-state index contributed by atoms with van der Waals surface area (Å²) in [6.45, 7) is 5.17. The second-order valence-electron chi connectivity index (χ2n) is 3.85. The minimum Gasteiger partial charge on any atom is -0.382 e. The molecule has 0 aliphatic carbocycles. The van der Waals surface area contributed by atoms with Crippen molar-refractivity contribution in [2.75, 3.05) is 11.5 Å². The maximum atomic E-state index is 5.90. The van der Waals surface area contributed by atoms with Gasteiger partial charge in [-0.25, -0.2) is 15.0 Å². The van der Waals surface area contributed by atoms with Crippen LogP contribution in [0.15, 0.2) is 11.5 Å². The summed E-state index contributed by atoms with van der Waals surface area (Å²) in [7, 11) is 0. The van der Waals surface area contributed by atoms with Crippen LogP contribution in [0.25, 0.3) is 11.2 Å². The topological polar surface area (TPSA) is 69.6 Å². The largest absolute Gasteiger partial charge is 0.382 e. The lowest BCUT2D eigenvalue weighted by Crippen LogP contribution is -2.01. The van der Waals surface area contributed by atoms with Gasteiger partial charge < -0.3 is 10.3 Å². The molecular weight excluding hydrogens is 234 g/mol. The Bertz CT molecular complexity index is 508. The first-order valence-corrected chi connectivity index (χ1v) is 6.86. The fourth-order valence-corrected chi connectivity index (χ4v) is 2.31. The molecule has 2 aromatic rings. The van der Waals surface area contributed by atoms with Crippen molar-refractivity contribution >= 4 is 28.7 Å². The number of nitrogens with two attached hydrogens (primary N) is 1. The zero-order valence-corrected chi connectivity index (χ0v) is 11.0. The molecule has 0 unspecified atom stereocenters. The minimum absolute atomic E-state index is 0.475. The van der Waals surface area contributed by atoms with Gasteiger partial charge >= 0.3 is 0 Å². The van der Waals surface area contributed by atoms with Crippen LogP contribution in [0.5, 0.6) is 0 Å². The number of aromatic nitrogens is 4. The third-order valence-electron chi connectivity index (χ3n) is 2.37. The van der Waals surface area contributed by atoms with Gasteiger partial charge in [-0.15, -0.1) is 0 Å². The Labute approximate surface area is 105 Å². The van der Waals surface area contributed by atoms with E-state index in [0.29, 0.717) is 11.3 Å². The van der Waals surface area contributed by atoms with E-state index in [-0.39, 0.29) is 0 Å². The van der Waals surface area contributed by atoms with E-state index in [9.17, 15) is 0 Å². The van der Waals surface area contributed by atoms with E-state index in [2.05, 4.69) is 28.8 Å². The van der Waals surface area contributed by atoms with Crippen LogP contribution >= 0.6 is 11.8 Å². The van der Waals surface area contributed by atoms with Gasteiger partial charge in [0.1, 0.15) is 5.52 Å². The van der Waals surface area contributed by atoms with Crippen molar-refractivity contribution < 1.29 is 0 Å². The summed E-state index contributed by atoms with van der Waals surface area (Å²) >= 11 is 1.64. The molecule has 2 rings (SSSR count). The summed E-state index contributed by atoms with van der Waals surface area (Å²) in [6, 6.07) is 0. The predicted molar refractivity (Wildman–Crippen MR) is 71.0 cm³/mol. The van der Waals surface area contributed by atoms with Crippen molar-refractivity contribution in [1.29, 1.82) is 0 Å². The minimum atomic E-state index is 0.475. The smallest absolute Gasteiger partial charge is 0.191 e. The molecule has 17 heavy (non-hydrogen) atoms. The zero-order chi connectivity index (χ0) is 12.3. The molecule has 0 aliphatic heterocycles. The first-order chi connectivity index (χ1) is 8.26. The standard InChI is InChI=1S/C11H17N5S/c1-3-5-16-7-13-8-9(12)14-11(15-10(8)16)17-6-4-2/h7H,3-6H2,1-2H3,(H2,12,14,15). The van der Waals surface area contributed by atoms with Gasteiger partial charge in [-0.3, -0.25) is 0 Å². The van der Waals surface area contributed by atoms with Gasteiger partial charge in [0.15, 0.2) is 16.6 Å². The fourth-order valence-electron chi connectivity index (χ4n) is 1.61. The van der Waals surface area contributed by atoms with Crippen molar-refractivity contribution in [3.05, 3.63) is 6.33 Å². The van der Waals surface area contributed by atoms with Crippen molar-refractivity contribution in [3.8, 4) is 0 Å². The summed E-state index contributed by atoms with van der Waals surface area (Å²) in [5.74, 6) is 1.48. The van der Waals surface area contributed by atoms with Crippen LogP contribution in [0.1, 0.15) is 26.7 Å². The lowest BCUT2D eigenvalue weighted by Gasteiger charge is -2.03. The van der Waals surface area contributed by atoms with Gasteiger partial charge in [0, 0.05) is 12.3 Å². The van der Waals surface area contributed by atoms with Crippen molar-refractivity contribution in [3.63, 3.8) is 0 Å². The van der Waals surface area contributed by atoms with Crippen molar-refractivity contribution in [1.82, 2.24) is 19.5 Å². The highest BCUT2D eigenvalue weighted by molar-refractivity contribution is 7.99. The number of aryl methyl sites for hydroxylation is 1. The maximum Gasteiger partial charge on any atom is 0.191 e. The van der Waals surface area contributed by atoms with Gasteiger partial charge in [-0.1, -0.05) is 25.6 Å². The molecule has 0 spiro atoms. The summed E-state index contributed by atoms with van der Waals surface area (Å²) in [6.07, 6.45) is 3.93. The number of nitrogens with zero attached hydrogens (tertiary/aromatic N) is 4. The van der Waals surface area contributed by atoms with E-state index in [1.54, 1.807) is 18.1 Å². The van der Waals surface area contributed by atoms with Crippen LogP contribution in [-0.2, 0) is 6.54 Å². The van der Waals surface area contributed by atoms with Crippen LogP contribution < -0.4 is 5.73 Å². The number of imidazole rings is 1. The number of nitrogen functional groups attached to an aromatic ring is 1. The molecule has 0 aromatic carbocycles. The predicted octanol–water partition coefficient (Wildman–Crippen LogP) is 2.32. The number of hydrogen-bond donors (Lipinski definition) is 1. The van der Waals surface area contributed by atoms with Gasteiger partial charge in [0.2, 0.25) is 0 Å². The molecule has 0 aliphatic rings. The number of rotatable bonds is 5. The summed E-state index contributed by atoms with van der Waals surface area (Å²) in [5, 5.41) is 0.745. The fraction of sp³-hybridized carbons (Fsp3) is 0.545. The number of anilines is 1. The second kappa shape index (κ2) is 5.35. The lowest BCUT2D eigenvalue weighted by atomic mass is 10.4. The normalized spacial score (nSPS) is 11.2. The van der Waals surface area contributed by atoms with Gasteiger partial charge in [-0.2, -0.15) is 0 Å². The molecule has 0 amide bonds. The Morgan fingerprint density at radius 1 is 1.29 bits per heavy atom. The summed E-state index contributed by atoms with van der Waals surface area (Å²) < 4.78 is 2.03. The highest BCUT2D eigenvalue weighted by Crippen LogP contribution is 2.21. The Kier molecular flexibility index (Phi) is 3.83. The zero-order valence-electron chi connectivity index (χ0n) is 10.2. The van der Waals surface area contributed by atoms with E-state index >= 15 is 0 Å². The lowest BCUT2D eigenvalue weighted by molar-refractivity contribution is 0.688. The summed E-state index contributed by atoms with van der Waals surface area (Å²) in [5.41, 5.74) is 7.45.